The Hall–Kier alpha value is -2.13. The molecule has 2 aromatic rings. The van der Waals surface area contributed by atoms with Gasteiger partial charge in [-0.1, -0.05) is 53.5 Å². The molecule has 0 spiro atoms. The van der Waals surface area contributed by atoms with Gasteiger partial charge in [0.25, 0.3) is 0 Å². The number of hydrogen-bond acceptors (Lipinski definition) is 5. The van der Waals surface area contributed by atoms with E-state index in [4.69, 9.17) is 23.2 Å². The van der Waals surface area contributed by atoms with Crippen molar-refractivity contribution in [1.29, 1.82) is 0 Å². The van der Waals surface area contributed by atoms with Gasteiger partial charge in [0.05, 0.1) is 16.6 Å². The van der Waals surface area contributed by atoms with Crippen molar-refractivity contribution in [3.05, 3.63) is 63.6 Å². The topological polar surface area (TPSA) is 73.3 Å². The van der Waals surface area contributed by atoms with Crippen molar-refractivity contribution < 1.29 is 13.2 Å². The van der Waals surface area contributed by atoms with Gasteiger partial charge in [0, 0.05) is 52.8 Å². The molecule has 0 unspecified atom stereocenters. The lowest BCUT2D eigenvalue weighted by atomic mass is 10.1. The summed E-state index contributed by atoms with van der Waals surface area (Å²) in [6.45, 7) is 2.56. The van der Waals surface area contributed by atoms with Gasteiger partial charge in [-0.05, 0) is 30.5 Å². The molecule has 2 aromatic carbocycles. The number of sulfonamides is 1. The lowest BCUT2D eigenvalue weighted by Gasteiger charge is -2.20. The fraction of sp³-hybridized carbons (Fsp3) is 0.417. The smallest absolute Gasteiger partial charge is 0.244 e. The number of aliphatic imine (C=N–C) groups is 1. The number of halogens is 2. The summed E-state index contributed by atoms with van der Waals surface area (Å²) in [5.74, 6) is 0.994. The lowest BCUT2D eigenvalue weighted by molar-refractivity contribution is -0.130. The first-order valence-corrected chi connectivity index (χ1v) is 13.3. The average molecular weight is 526 g/mol. The number of hydrogen-bond donors (Lipinski definition) is 0. The van der Waals surface area contributed by atoms with Crippen molar-refractivity contribution in [3.8, 4) is 0 Å². The molecule has 1 heterocycles. The Balaban J connectivity index is 1.45. The maximum atomic E-state index is 12.8. The molecule has 0 bridgehead atoms. The number of benzene rings is 2. The van der Waals surface area contributed by atoms with Gasteiger partial charge in [-0.25, -0.2) is 12.7 Å². The fourth-order valence-corrected chi connectivity index (χ4v) is 5.64. The fourth-order valence-electron chi connectivity index (χ4n) is 3.70. The summed E-state index contributed by atoms with van der Waals surface area (Å²) in [7, 11) is 1.49. The van der Waals surface area contributed by atoms with Crippen molar-refractivity contribution in [2.75, 3.05) is 47.3 Å². The lowest BCUT2D eigenvalue weighted by Crippen LogP contribution is -2.31. The molecule has 0 fully saturated rings. The molecule has 10 heteroatoms. The molecule has 1 aliphatic heterocycles. The molecule has 1 aliphatic rings. The van der Waals surface area contributed by atoms with Crippen LogP contribution >= 0.6 is 23.2 Å². The summed E-state index contributed by atoms with van der Waals surface area (Å²) < 4.78 is 26.8. The molecule has 34 heavy (non-hydrogen) atoms. The zero-order valence-electron chi connectivity index (χ0n) is 19.7. The minimum atomic E-state index is -3.79. The summed E-state index contributed by atoms with van der Waals surface area (Å²) in [5, 5.41) is 0.185. The average Bonchev–Trinajstić information content (AvgIpc) is 3.25. The summed E-state index contributed by atoms with van der Waals surface area (Å²) in [5.41, 5.74) is 2.25. The predicted octanol–water partition coefficient (Wildman–Crippen LogP) is 3.79. The number of rotatable bonds is 10. The first-order valence-electron chi connectivity index (χ1n) is 11.1. The molecule has 0 aliphatic carbocycles. The second kappa shape index (κ2) is 11.5. The van der Waals surface area contributed by atoms with Gasteiger partial charge in [0.2, 0.25) is 15.9 Å². The molecule has 0 saturated carbocycles. The first kappa shape index (κ1) is 26.5. The Morgan fingerprint density at radius 1 is 1.09 bits per heavy atom. The third-order valence-electron chi connectivity index (χ3n) is 5.90. The number of nitrogens with zero attached hydrogens (tertiary/aromatic N) is 4. The molecule has 0 saturated heterocycles. The monoisotopic (exact) mass is 524 g/mol. The van der Waals surface area contributed by atoms with Crippen LogP contribution in [0.1, 0.15) is 24.0 Å². The van der Waals surface area contributed by atoms with Gasteiger partial charge in [-0.15, -0.1) is 0 Å². The Labute approximate surface area is 212 Å². The van der Waals surface area contributed by atoms with Crippen LogP contribution < -0.4 is 0 Å². The highest BCUT2D eigenvalue weighted by atomic mass is 35.5. The van der Waals surface area contributed by atoms with E-state index in [1.165, 1.54) is 23.5 Å². The van der Waals surface area contributed by atoms with E-state index in [0.29, 0.717) is 13.0 Å². The highest BCUT2D eigenvalue weighted by molar-refractivity contribution is 7.89. The van der Waals surface area contributed by atoms with Gasteiger partial charge in [0.15, 0.2) is 0 Å². The van der Waals surface area contributed by atoms with Gasteiger partial charge >= 0.3 is 0 Å². The maximum absolute atomic E-state index is 12.8. The van der Waals surface area contributed by atoms with Crippen molar-refractivity contribution in [1.82, 2.24) is 14.1 Å². The van der Waals surface area contributed by atoms with Crippen LogP contribution in [0.5, 0.6) is 0 Å². The summed E-state index contributed by atoms with van der Waals surface area (Å²) in [6.07, 6.45) is 1.40. The normalized spacial score (nSPS) is 13.9. The zero-order valence-corrected chi connectivity index (χ0v) is 22.0. The first-order chi connectivity index (χ1) is 16.1. The van der Waals surface area contributed by atoms with Gasteiger partial charge in [0.1, 0.15) is 10.7 Å². The van der Waals surface area contributed by atoms with Crippen molar-refractivity contribution in [2.45, 2.75) is 24.2 Å². The second-order valence-electron chi connectivity index (χ2n) is 8.37. The van der Waals surface area contributed by atoms with E-state index in [2.05, 4.69) is 34.2 Å². The van der Waals surface area contributed by atoms with Crippen LogP contribution in [0.25, 0.3) is 0 Å². The number of carbonyl (C=O) groups is 1. The molecule has 3 rings (SSSR count). The molecule has 0 radical (unpaired) electrons. The van der Waals surface area contributed by atoms with E-state index in [1.807, 2.05) is 7.05 Å². The largest absolute Gasteiger partial charge is 0.358 e. The molecule has 7 nitrogen and oxygen atoms in total. The minimum Gasteiger partial charge on any atom is -0.358 e. The van der Waals surface area contributed by atoms with Gasteiger partial charge < -0.3 is 9.80 Å². The quantitative estimate of drug-likeness (QED) is 0.473. The molecule has 0 atom stereocenters. The molecule has 184 valence electrons. The maximum Gasteiger partial charge on any atom is 0.244 e. The molecule has 0 N–H and O–H groups in total. The Morgan fingerprint density at radius 2 is 1.79 bits per heavy atom. The highest BCUT2D eigenvalue weighted by Gasteiger charge is 2.24. The summed E-state index contributed by atoms with van der Waals surface area (Å²) >= 11 is 12.0. The Morgan fingerprint density at radius 3 is 2.44 bits per heavy atom. The van der Waals surface area contributed by atoms with E-state index < -0.39 is 10.0 Å². The molecular weight excluding hydrogens is 495 g/mol. The number of amides is 1. The third-order valence-corrected chi connectivity index (χ3v) is 8.73. The van der Waals surface area contributed by atoms with E-state index in [0.717, 1.165) is 36.5 Å². The van der Waals surface area contributed by atoms with E-state index in [9.17, 15) is 13.2 Å². The predicted molar refractivity (Wildman–Crippen MR) is 137 cm³/mol. The van der Waals surface area contributed by atoms with E-state index >= 15 is 0 Å². The van der Waals surface area contributed by atoms with Crippen LogP contribution in [0.4, 0.5) is 0 Å². The zero-order chi connectivity index (χ0) is 24.9. The molecule has 0 aromatic heterocycles. The number of carbonyl (C=O) groups excluding carboxylic acids is 1. The minimum absolute atomic E-state index is 0.00288. The summed E-state index contributed by atoms with van der Waals surface area (Å²) in [6, 6.07) is 12.8. The number of likely N-dealkylation sites (N-methyl/N-ethyl adjacent to an activating group) is 2. The van der Waals surface area contributed by atoms with Crippen molar-refractivity contribution in [3.63, 3.8) is 0 Å². The van der Waals surface area contributed by atoms with Crippen LogP contribution in [0.15, 0.2) is 52.4 Å². The SMILES string of the molecule is CN(CCc1ccc(C2=NCCN2C)cc1)C(=O)CCCN(C)S(=O)(=O)c1cccc(Cl)c1Cl. The number of amidine groups is 1. The van der Waals surface area contributed by atoms with Crippen molar-refractivity contribution in [2.24, 2.45) is 4.99 Å². The Bertz CT molecular complexity index is 1150. The summed E-state index contributed by atoms with van der Waals surface area (Å²) in [4.78, 5) is 20.9. The van der Waals surface area contributed by atoms with Crippen LogP contribution in [0.3, 0.4) is 0 Å². The van der Waals surface area contributed by atoms with Crippen molar-refractivity contribution >= 4 is 45.0 Å². The van der Waals surface area contributed by atoms with E-state index in [1.54, 1.807) is 18.0 Å². The van der Waals surface area contributed by atoms with Crippen LogP contribution in [-0.4, -0.2) is 81.6 Å². The van der Waals surface area contributed by atoms with Gasteiger partial charge in [-0.2, -0.15) is 0 Å². The van der Waals surface area contributed by atoms with Crippen LogP contribution in [0.2, 0.25) is 10.0 Å². The molecular formula is C24H30Cl2N4O3S. The molecule has 1 amide bonds. The highest BCUT2D eigenvalue weighted by Crippen LogP contribution is 2.30. The Kier molecular flexibility index (Phi) is 8.98. The standard InChI is InChI=1S/C24H30Cl2N4O3S/c1-28(16-13-18-9-11-19(12-10-18)24-27-14-17-29(24)2)22(31)8-5-15-30(3)34(32,33)21-7-4-6-20(25)23(21)26/h4,6-7,9-12H,5,8,13-17H2,1-3H3. The van der Waals surface area contributed by atoms with Crippen LogP contribution in [0, 0.1) is 0 Å². The van der Waals surface area contributed by atoms with Gasteiger partial charge in [-0.3, -0.25) is 9.79 Å². The third kappa shape index (κ3) is 6.30. The van der Waals surface area contributed by atoms with E-state index in [-0.39, 0.29) is 33.8 Å². The van der Waals surface area contributed by atoms with Crippen LogP contribution in [-0.2, 0) is 21.2 Å². The second-order valence-corrected chi connectivity index (χ2v) is 11.2.